The van der Waals surface area contributed by atoms with Crippen LogP contribution < -0.4 is 4.90 Å². The van der Waals surface area contributed by atoms with Crippen molar-refractivity contribution in [1.82, 2.24) is 0 Å². The second kappa shape index (κ2) is 7.90. The van der Waals surface area contributed by atoms with E-state index >= 15 is 0 Å². The minimum Gasteiger partial charge on any atom is -0.310 e. The summed E-state index contributed by atoms with van der Waals surface area (Å²) in [5, 5.41) is 2.52. The van der Waals surface area contributed by atoms with E-state index in [2.05, 4.69) is 117 Å². The van der Waals surface area contributed by atoms with Gasteiger partial charge in [-0.25, -0.2) is 0 Å². The standard InChI is InChI=1S/C27H27N/c1-4-21(3)23-17-20(2)18-25(19-23)28(24-13-6-5-7-14-24)27-16-10-12-22-11-8-9-15-26(22)27/h5-19,21H,4H2,1-3H3. The summed E-state index contributed by atoms with van der Waals surface area (Å²) in [5.74, 6) is 0.545. The Morgan fingerprint density at radius 1 is 0.750 bits per heavy atom. The van der Waals surface area contributed by atoms with E-state index in [0.29, 0.717) is 5.92 Å². The number of anilines is 3. The summed E-state index contributed by atoms with van der Waals surface area (Å²) in [6, 6.07) is 32.8. The average Bonchev–Trinajstić information content (AvgIpc) is 2.74. The van der Waals surface area contributed by atoms with Crippen LogP contribution in [0.25, 0.3) is 10.8 Å². The Bertz CT molecular complexity index is 1080. The number of fused-ring (bicyclic) bond motifs is 1. The molecule has 0 bridgehead atoms. The van der Waals surface area contributed by atoms with E-state index in [1.807, 2.05) is 0 Å². The van der Waals surface area contributed by atoms with Gasteiger partial charge in [-0.2, -0.15) is 0 Å². The number of aryl methyl sites for hydroxylation is 1. The molecule has 28 heavy (non-hydrogen) atoms. The highest BCUT2D eigenvalue weighted by Crippen LogP contribution is 2.40. The van der Waals surface area contributed by atoms with Crippen LogP contribution >= 0.6 is 0 Å². The van der Waals surface area contributed by atoms with Crippen LogP contribution in [-0.4, -0.2) is 0 Å². The third-order valence-corrected chi connectivity index (χ3v) is 5.55. The summed E-state index contributed by atoms with van der Waals surface area (Å²) in [6.45, 7) is 6.76. The maximum atomic E-state index is 2.39. The zero-order chi connectivity index (χ0) is 19.5. The number of hydrogen-bond donors (Lipinski definition) is 0. The van der Waals surface area contributed by atoms with Gasteiger partial charge < -0.3 is 4.90 Å². The van der Waals surface area contributed by atoms with Crippen LogP contribution in [0.15, 0.2) is 91.0 Å². The molecule has 0 aromatic heterocycles. The lowest BCUT2D eigenvalue weighted by Crippen LogP contribution is -2.11. The second-order valence-electron chi connectivity index (χ2n) is 7.58. The molecule has 0 N–H and O–H groups in total. The zero-order valence-corrected chi connectivity index (χ0v) is 16.9. The smallest absolute Gasteiger partial charge is 0.0540 e. The quantitative estimate of drug-likeness (QED) is 0.345. The third kappa shape index (κ3) is 3.53. The summed E-state index contributed by atoms with van der Waals surface area (Å²) in [7, 11) is 0. The minimum absolute atomic E-state index is 0.545. The Kier molecular flexibility index (Phi) is 5.16. The lowest BCUT2D eigenvalue weighted by atomic mass is 9.95. The SMILES string of the molecule is CCC(C)c1cc(C)cc(N(c2ccccc2)c2cccc3ccccc23)c1. The first kappa shape index (κ1) is 18.3. The van der Waals surface area contributed by atoms with Crippen LogP contribution in [-0.2, 0) is 0 Å². The van der Waals surface area contributed by atoms with Gasteiger partial charge in [0.15, 0.2) is 0 Å². The number of rotatable bonds is 5. The average molecular weight is 366 g/mol. The van der Waals surface area contributed by atoms with Gasteiger partial charge in [0.05, 0.1) is 5.69 Å². The monoisotopic (exact) mass is 365 g/mol. The number of para-hydroxylation sites is 1. The molecule has 0 saturated carbocycles. The fourth-order valence-electron chi connectivity index (χ4n) is 3.85. The van der Waals surface area contributed by atoms with Crippen LogP contribution in [0, 0.1) is 6.92 Å². The van der Waals surface area contributed by atoms with Gasteiger partial charge in [0.2, 0.25) is 0 Å². The van der Waals surface area contributed by atoms with Crippen molar-refractivity contribution in [2.24, 2.45) is 0 Å². The highest BCUT2D eigenvalue weighted by molar-refractivity contribution is 5.98. The molecule has 4 aromatic rings. The van der Waals surface area contributed by atoms with E-state index in [0.717, 1.165) is 6.42 Å². The lowest BCUT2D eigenvalue weighted by Gasteiger charge is -2.28. The van der Waals surface area contributed by atoms with Crippen molar-refractivity contribution < 1.29 is 0 Å². The Hall–Kier alpha value is -3.06. The Balaban J connectivity index is 1.97. The third-order valence-electron chi connectivity index (χ3n) is 5.55. The van der Waals surface area contributed by atoms with Gasteiger partial charge in [-0.3, -0.25) is 0 Å². The number of hydrogen-bond acceptors (Lipinski definition) is 1. The second-order valence-corrected chi connectivity index (χ2v) is 7.58. The Morgan fingerprint density at radius 3 is 2.25 bits per heavy atom. The number of nitrogens with zero attached hydrogens (tertiary/aromatic N) is 1. The fourth-order valence-corrected chi connectivity index (χ4v) is 3.85. The molecule has 0 aliphatic carbocycles. The largest absolute Gasteiger partial charge is 0.310 e. The molecule has 1 nitrogen and oxygen atoms in total. The van der Waals surface area contributed by atoms with Crippen LogP contribution in [0.1, 0.15) is 37.3 Å². The molecule has 0 aliphatic heterocycles. The van der Waals surface area contributed by atoms with E-state index < -0.39 is 0 Å². The molecule has 4 aromatic carbocycles. The molecule has 0 heterocycles. The molecule has 140 valence electrons. The van der Waals surface area contributed by atoms with Crippen molar-refractivity contribution in [2.45, 2.75) is 33.1 Å². The van der Waals surface area contributed by atoms with Crippen molar-refractivity contribution in [1.29, 1.82) is 0 Å². The van der Waals surface area contributed by atoms with Crippen LogP contribution in [0.2, 0.25) is 0 Å². The first-order valence-electron chi connectivity index (χ1n) is 10.1. The van der Waals surface area contributed by atoms with Gasteiger partial charge in [-0.1, -0.05) is 74.5 Å². The maximum absolute atomic E-state index is 2.39. The normalized spacial score (nSPS) is 12.1. The first-order valence-corrected chi connectivity index (χ1v) is 10.1. The van der Waals surface area contributed by atoms with Crippen molar-refractivity contribution in [2.75, 3.05) is 4.90 Å². The van der Waals surface area contributed by atoms with Crippen molar-refractivity contribution in [3.05, 3.63) is 102 Å². The van der Waals surface area contributed by atoms with Crippen molar-refractivity contribution in [3.8, 4) is 0 Å². The molecule has 0 fully saturated rings. The van der Waals surface area contributed by atoms with Crippen molar-refractivity contribution in [3.63, 3.8) is 0 Å². The summed E-state index contributed by atoms with van der Waals surface area (Å²) in [5.41, 5.74) is 6.31. The molecule has 0 radical (unpaired) electrons. The lowest BCUT2D eigenvalue weighted by molar-refractivity contribution is 0.733. The van der Waals surface area contributed by atoms with Gasteiger partial charge in [0, 0.05) is 16.8 Å². The molecular formula is C27H27N. The molecule has 0 amide bonds. The first-order chi connectivity index (χ1) is 13.7. The van der Waals surface area contributed by atoms with Crippen LogP contribution in [0.5, 0.6) is 0 Å². The van der Waals surface area contributed by atoms with E-state index in [4.69, 9.17) is 0 Å². The molecule has 0 saturated heterocycles. The Labute approximate surface area is 168 Å². The van der Waals surface area contributed by atoms with E-state index in [-0.39, 0.29) is 0 Å². The molecule has 1 atom stereocenters. The topological polar surface area (TPSA) is 3.24 Å². The highest BCUT2D eigenvalue weighted by atomic mass is 15.1. The predicted octanol–water partition coefficient (Wildman–Crippen LogP) is 8.13. The van der Waals surface area contributed by atoms with E-state index in [1.54, 1.807) is 0 Å². The molecular weight excluding hydrogens is 338 g/mol. The molecule has 1 heteroatoms. The van der Waals surface area contributed by atoms with E-state index in [9.17, 15) is 0 Å². The predicted molar refractivity (Wildman–Crippen MR) is 122 cm³/mol. The molecule has 1 unspecified atom stereocenters. The van der Waals surface area contributed by atoms with Gasteiger partial charge in [-0.05, 0) is 66.1 Å². The molecule has 0 spiro atoms. The summed E-state index contributed by atoms with van der Waals surface area (Å²) >= 11 is 0. The maximum Gasteiger partial charge on any atom is 0.0540 e. The number of benzene rings is 4. The van der Waals surface area contributed by atoms with Crippen LogP contribution in [0.3, 0.4) is 0 Å². The summed E-state index contributed by atoms with van der Waals surface area (Å²) in [6.07, 6.45) is 1.14. The summed E-state index contributed by atoms with van der Waals surface area (Å²) in [4.78, 5) is 2.39. The molecule has 0 aliphatic rings. The highest BCUT2D eigenvalue weighted by Gasteiger charge is 2.16. The van der Waals surface area contributed by atoms with Crippen molar-refractivity contribution >= 4 is 27.8 Å². The van der Waals surface area contributed by atoms with Gasteiger partial charge in [-0.15, -0.1) is 0 Å². The van der Waals surface area contributed by atoms with Crippen LogP contribution in [0.4, 0.5) is 17.1 Å². The zero-order valence-electron chi connectivity index (χ0n) is 16.9. The van der Waals surface area contributed by atoms with Gasteiger partial charge in [0.25, 0.3) is 0 Å². The van der Waals surface area contributed by atoms with Gasteiger partial charge in [0.1, 0.15) is 0 Å². The fraction of sp³-hybridized carbons (Fsp3) is 0.185. The summed E-state index contributed by atoms with van der Waals surface area (Å²) < 4.78 is 0. The Morgan fingerprint density at radius 2 is 1.46 bits per heavy atom. The molecule has 4 rings (SSSR count). The minimum atomic E-state index is 0.545. The van der Waals surface area contributed by atoms with Gasteiger partial charge >= 0.3 is 0 Å². The van der Waals surface area contributed by atoms with E-state index in [1.165, 1.54) is 39.0 Å².